The van der Waals surface area contributed by atoms with Crippen molar-refractivity contribution in [3.8, 4) is 0 Å². The summed E-state index contributed by atoms with van der Waals surface area (Å²) < 4.78 is 10.2. The Labute approximate surface area is 70.6 Å². The van der Waals surface area contributed by atoms with Crippen molar-refractivity contribution in [2.45, 2.75) is 0 Å². The van der Waals surface area contributed by atoms with Crippen LogP contribution in [-0.4, -0.2) is 53.1 Å². The molecule has 0 aromatic carbocycles. The molecule has 68 valence electrons. The van der Waals surface area contributed by atoms with Gasteiger partial charge in [-0.2, -0.15) is 0 Å². The number of ether oxygens (including phenoxy) is 2. The van der Waals surface area contributed by atoms with Crippen LogP contribution in [0.15, 0.2) is 0 Å². The van der Waals surface area contributed by atoms with Crippen LogP contribution in [0, 0.1) is 0 Å². The maximum atomic E-state index is 5.35. The van der Waals surface area contributed by atoms with E-state index in [9.17, 15) is 0 Å². The van der Waals surface area contributed by atoms with Gasteiger partial charge in [-0.25, -0.2) is 0 Å². The van der Waals surface area contributed by atoms with Gasteiger partial charge in [-0.1, -0.05) is 0 Å². The summed E-state index contributed by atoms with van der Waals surface area (Å²) in [4.78, 5) is 0. The van der Waals surface area contributed by atoms with E-state index in [0.29, 0.717) is 6.61 Å². The molecule has 0 heterocycles. The fourth-order valence-electron chi connectivity index (χ4n) is 0.583. The van der Waals surface area contributed by atoms with Gasteiger partial charge in [0.05, 0.1) is 26.0 Å². The van der Waals surface area contributed by atoms with Gasteiger partial charge in [-0.15, -0.1) is 0 Å². The molecule has 0 aliphatic rings. The third-order valence-corrected chi connectivity index (χ3v) is 2.86. The lowest BCUT2D eigenvalue weighted by Crippen LogP contribution is -2.07. The zero-order valence-corrected chi connectivity index (χ0v) is 8.99. The fourth-order valence-corrected chi connectivity index (χ4v) is 1.26. The zero-order valence-electron chi connectivity index (χ0n) is 8.09. The number of rotatable bonds is 6. The monoisotopic (exact) mass is 179 g/mol. The Morgan fingerprint density at radius 2 is 1.64 bits per heavy atom. The summed E-state index contributed by atoms with van der Waals surface area (Å²) in [5, 5.41) is 0. The van der Waals surface area contributed by atoms with Crippen LogP contribution in [0.1, 0.15) is 0 Å². The smallest absolute Gasteiger partial charge is 0.0820 e. The van der Waals surface area contributed by atoms with Crippen molar-refractivity contribution >= 4 is 7.26 Å². The summed E-state index contributed by atoms with van der Waals surface area (Å²) in [6.45, 7) is 9.31. The molecule has 0 spiro atoms. The van der Waals surface area contributed by atoms with Gasteiger partial charge in [-0.05, 0) is 0 Å². The molecule has 0 radical (unpaired) electrons. The molecule has 0 aliphatic heterocycles. The lowest BCUT2D eigenvalue weighted by molar-refractivity contribution is 0.0786. The summed E-state index contributed by atoms with van der Waals surface area (Å²) in [5.41, 5.74) is 0. The maximum absolute atomic E-state index is 5.35. The van der Waals surface area contributed by atoms with E-state index < -0.39 is 7.26 Å². The van der Waals surface area contributed by atoms with Crippen molar-refractivity contribution in [1.29, 1.82) is 0 Å². The van der Waals surface area contributed by atoms with Crippen molar-refractivity contribution < 1.29 is 9.47 Å². The average Bonchev–Trinajstić information content (AvgIpc) is 1.85. The molecule has 0 aromatic heterocycles. The van der Waals surface area contributed by atoms with E-state index in [4.69, 9.17) is 9.47 Å². The van der Waals surface area contributed by atoms with Crippen molar-refractivity contribution in [3.05, 3.63) is 0 Å². The molecule has 11 heavy (non-hydrogen) atoms. The minimum atomic E-state index is -0.630. The molecule has 0 fully saturated rings. The molecule has 2 nitrogen and oxygen atoms in total. The Balaban J connectivity index is 3.02. The van der Waals surface area contributed by atoms with Gasteiger partial charge in [0, 0.05) is 34.4 Å². The van der Waals surface area contributed by atoms with E-state index in [1.807, 2.05) is 0 Å². The van der Waals surface area contributed by atoms with E-state index in [-0.39, 0.29) is 0 Å². The van der Waals surface area contributed by atoms with E-state index in [1.54, 1.807) is 7.11 Å². The van der Waals surface area contributed by atoms with Gasteiger partial charge >= 0.3 is 0 Å². The zero-order chi connectivity index (χ0) is 8.74. The lowest BCUT2D eigenvalue weighted by Gasteiger charge is -2.11. The number of hydrogen-bond donors (Lipinski definition) is 0. The Kier molecular flexibility index (Phi) is 6.12. The van der Waals surface area contributed by atoms with Crippen molar-refractivity contribution in [3.63, 3.8) is 0 Å². The van der Waals surface area contributed by atoms with Gasteiger partial charge in [0.2, 0.25) is 0 Å². The molecule has 0 rings (SSSR count). The average molecular weight is 179 g/mol. The second kappa shape index (κ2) is 5.93. The van der Waals surface area contributed by atoms with E-state index in [0.717, 1.165) is 13.2 Å². The van der Waals surface area contributed by atoms with Crippen LogP contribution in [0.4, 0.5) is 0 Å². The third kappa shape index (κ3) is 10.4. The first-order valence-corrected chi connectivity index (χ1v) is 7.25. The molecule has 3 heteroatoms. The second-order valence-corrected chi connectivity index (χ2v) is 8.65. The van der Waals surface area contributed by atoms with Crippen molar-refractivity contribution in [1.82, 2.24) is 0 Å². The Morgan fingerprint density at radius 1 is 1.00 bits per heavy atom. The highest BCUT2D eigenvalue weighted by molar-refractivity contribution is 7.73. The van der Waals surface area contributed by atoms with Gasteiger partial charge in [-0.3, -0.25) is 0 Å². The molecule has 0 saturated heterocycles. The van der Waals surface area contributed by atoms with Crippen LogP contribution in [0.3, 0.4) is 0 Å². The summed E-state index contributed by atoms with van der Waals surface area (Å²) in [6.07, 6.45) is 1.22. The first-order valence-electron chi connectivity index (χ1n) is 3.93. The van der Waals surface area contributed by atoms with Crippen molar-refractivity contribution in [2.75, 3.05) is 53.1 Å². The fraction of sp³-hybridized carbons (Fsp3) is 1.00. The molecule has 0 aromatic rings. The van der Waals surface area contributed by atoms with E-state index in [1.165, 1.54) is 6.16 Å². The summed E-state index contributed by atoms with van der Waals surface area (Å²) >= 11 is 0. The first kappa shape index (κ1) is 11.4. The molecule has 0 amide bonds. The summed E-state index contributed by atoms with van der Waals surface area (Å²) in [6, 6.07) is 0. The second-order valence-electron chi connectivity index (χ2n) is 3.62. The molecule has 0 bridgehead atoms. The first-order chi connectivity index (χ1) is 5.06. The Morgan fingerprint density at radius 3 is 2.09 bits per heavy atom. The van der Waals surface area contributed by atoms with Crippen LogP contribution >= 0.6 is 7.26 Å². The molecule has 0 saturated carbocycles. The molecule has 0 N–H and O–H groups in total. The van der Waals surface area contributed by atoms with Crippen molar-refractivity contribution in [2.24, 2.45) is 0 Å². The van der Waals surface area contributed by atoms with Crippen LogP contribution in [0.2, 0.25) is 0 Å². The highest BCUT2D eigenvalue weighted by Gasteiger charge is 2.15. The molecule has 0 aliphatic carbocycles. The van der Waals surface area contributed by atoms with E-state index in [2.05, 4.69) is 20.0 Å². The maximum Gasteiger partial charge on any atom is 0.0820 e. The highest BCUT2D eigenvalue weighted by atomic mass is 31.2. The van der Waals surface area contributed by atoms with Gasteiger partial charge in [0.25, 0.3) is 0 Å². The Bertz CT molecular complexity index is 88.6. The largest absolute Gasteiger partial charge is 0.382 e. The Hall–Kier alpha value is 0.350. The highest BCUT2D eigenvalue weighted by Crippen LogP contribution is 2.45. The summed E-state index contributed by atoms with van der Waals surface area (Å²) in [5.74, 6) is 0. The van der Waals surface area contributed by atoms with Crippen LogP contribution < -0.4 is 0 Å². The summed E-state index contributed by atoms with van der Waals surface area (Å²) in [7, 11) is 1.06. The van der Waals surface area contributed by atoms with Crippen LogP contribution in [0.5, 0.6) is 0 Å². The molecule has 0 atom stereocenters. The number of methoxy groups -OCH3 is 1. The predicted octanol–water partition coefficient (Wildman–Crippen LogP) is 1.56. The molecular formula is C8H20O2P+. The predicted molar refractivity (Wildman–Crippen MR) is 52.3 cm³/mol. The molecule has 0 unspecified atom stereocenters. The minimum absolute atomic E-state index is 0.630. The molecular weight excluding hydrogens is 159 g/mol. The normalized spacial score (nSPS) is 12.0. The SMILES string of the molecule is COCCOCC[P+](C)(C)C. The van der Waals surface area contributed by atoms with E-state index >= 15 is 0 Å². The standard InChI is InChI=1S/C8H20O2P/c1-9-5-6-10-7-8-11(2,3)4/h5-8H2,1-4H3/q+1. The quantitative estimate of drug-likeness (QED) is 0.455. The topological polar surface area (TPSA) is 18.5 Å². The lowest BCUT2D eigenvalue weighted by atomic mass is 10.7. The van der Waals surface area contributed by atoms with Crippen LogP contribution in [0.25, 0.3) is 0 Å². The van der Waals surface area contributed by atoms with Gasteiger partial charge in [0.15, 0.2) is 0 Å². The number of hydrogen-bond acceptors (Lipinski definition) is 2. The van der Waals surface area contributed by atoms with Crippen LogP contribution in [-0.2, 0) is 9.47 Å². The minimum Gasteiger partial charge on any atom is -0.382 e. The van der Waals surface area contributed by atoms with Gasteiger partial charge in [0.1, 0.15) is 0 Å². The third-order valence-electron chi connectivity index (χ3n) is 1.34. The van der Waals surface area contributed by atoms with Gasteiger partial charge < -0.3 is 9.47 Å².